The van der Waals surface area contributed by atoms with Gasteiger partial charge >= 0.3 is 0 Å². The molecule has 3 rings (SSSR count). The van der Waals surface area contributed by atoms with E-state index in [9.17, 15) is 0 Å². The predicted octanol–water partition coefficient (Wildman–Crippen LogP) is 2.56. The van der Waals surface area contributed by atoms with Crippen LogP contribution >= 0.6 is 0 Å². The number of nitrogens with one attached hydrogen (secondary N) is 1. The van der Waals surface area contributed by atoms with Gasteiger partial charge in [-0.25, -0.2) is 0 Å². The summed E-state index contributed by atoms with van der Waals surface area (Å²) in [4.78, 5) is 4.22. The Morgan fingerprint density at radius 1 is 1.53 bits per heavy atom. The number of hydrogen-bond donors (Lipinski definition) is 1. The zero-order chi connectivity index (χ0) is 13.1. The molecule has 0 amide bonds. The fourth-order valence-corrected chi connectivity index (χ4v) is 3.61. The van der Waals surface area contributed by atoms with E-state index in [0.29, 0.717) is 6.04 Å². The van der Waals surface area contributed by atoms with Crippen molar-refractivity contribution in [3.63, 3.8) is 0 Å². The number of ether oxygens (including phenoxy) is 1. The van der Waals surface area contributed by atoms with Gasteiger partial charge < -0.3 is 10.1 Å². The molecule has 1 aliphatic carbocycles. The molecule has 0 radical (unpaired) electrons. The minimum absolute atomic E-state index is 0.243. The molecule has 1 aromatic heterocycles. The van der Waals surface area contributed by atoms with Crippen LogP contribution in [0.1, 0.15) is 37.7 Å². The van der Waals surface area contributed by atoms with Gasteiger partial charge in [0.05, 0.1) is 5.60 Å². The first-order valence-electron chi connectivity index (χ1n) is 7.51. The maximum atomic E-state index is 6.04. The third-order valence-electron chi connectivity index (χ3n) is 4.91. The first-order chi connectivity index (χ1) is 9.31. The Balaban J connectivity index is 1.64. The summed E-state index contributed by atoms with van der Waals surface area (Å²) in [5.74, 6) is 0.735. The van der Waals surface area contributed by atoms with Gasteiger partial charge in [-0.3, -0.25) is 4.98 Å². The lowest BCUT2D eigenvalue weighted by molar-refractivity contribution is -0.146. The lowest BCUT2D eigenvalue weighted by Gasteiger charge is -2.48. The van der Waals surface area contributed by atoms with Crippen LogP contribution in [0.4, 0.5) is 0 Å². The Kier molecular flexibility index (Phi) is 3.85. The predicted molar refractivity (Wildman–Crippen MR) is 76.0 cm³/mol. The third kappa shape index (κ3) is 2.82. The highest BCUT2D eigenvalue weighted by atomic mass is 16.5. The second-order valence-corrected chi connectivity index (χ2v) is 6.10. The first kappa shape index (κ1) is 13.1. The zero-order valence-electron chi connectivity index (χ0n) is 11.8. The summed E-state index contributed by atoms with van der Waals surface area (Å²) in [6.45, 7) is 0.940. The molecule has 104 valence electrons. The first-order valence-corrected chi connectivity index (χ1v) is 7.51. The molecule has 2 atom stereocenters. The molecule has 0 aromatic carbocycles. The maximum Gasteiger partial charge on any atom is 0.0685 e. The molecule has 1 spiro atoms. The third-order valence-corrected chi connectivity index (χ3v) is 4.91. The monoisotopic (exact) mass is 260 g/mol. The molecule has 1 aliphatic heterocycles. The molecule has 2 fully saturated rings. The van der Waals surface area contributed by atoms with Crippen molar-refractivity contribution in [1.29, 1.82) is 0 Å². The van der Waals surface area contributed by atoms with E-state index in [-0.39, 0.29) is 5.60 Å². The Labute approximate surface area is 115 Å². The zero-order valence-corrected chi connectivity index (χ0v) is 11.8. The molecule has 3 heteroatoms. The van der Waals surface area contributed by atoms with E-state index < -0.39 is 0 Å². The molecule has 19 heavy (non-hydrogen) atoms. The summed E-state index contributed by atoms with van der Waals surface area (Å²) in [7, 11) is 2.09. The van der Waals surface area contributed by atoms with Crippen molar-refractivity contribution >= 4 is 0 Å². The van der Waals surface area contributed by atoms with Crippen molar-refractivity contribution in [1.82, 2.24) is 10.3 Å². The second-order valence-electron chi connectivity index (χ2n) is 6.10. The molecule has 1 saturated heterocycles. The minimum atomic E-state index is 0.243. The molecular formula is C16H24N2O. The van der Waals surface area contributed by atoms with Crippen LogP contribution in [0.15, 0.2) is 24.5 Å². The lowest BCUT2D eigenvalue weighted by Crippen LogP contribution is -2.50. The van der Waals surface area contributed by atoms with Crippen LogP contribution in [0.3, 0.4) is 0 Å². The Morgan fingerprint density at radius 2 is 2.42 bits per heavy atom. The highest BCUT2D eigenvalue weighted by Gasteiger charge is 2.43. The van der Waals surface area contributed by atoms with Gasteiger partial charge in [-0.2, -0.15) is 0 Å². The molecule has 0 bridgehead atoms. The fraction of sp³-hybridized carbons (Fsp3) is 0.688. The van der Waals surface area contributed by atoms with Gasteiger partial charge in [-0.1, -0.05) is 6.07 Å². The SMILES string of the molecule is CNC(Cc1cccnc1)C1CCOC2(CCC2)C1. The van der Waals surface area contributed by atoms with Gasteiger partial charge in [0.15, 0.2) is 0 Å². The van der Waals surface area contributed by atoms with Crippen molar-refractivity contribution in [2.24, 2.45) is 5.92 Å². The van der Waals surface area contributed by atoms with Crippen LogP contribution in [-0.4, -0.2) is 30.3 Å². The largest absolute Gasteiger partial charge is 0.375 e. The van der Waals surface area contributed by atoms with Gasteiger partial charge in [-0.05, 0) is 63.1 Å². The number of nitrogens with zero attached hydrogens (tertiary/aromatic N) is 1. The average Bonchev–Trinajstić information content (AvgIpc) is 2.44. The molecule has 2 unspecified atom stereocenters. The van der Waals surface area contributed by atoms with Crippen molar-refractivity contribution in [2.45, 2.75) is 50.2 Å². The normalized spacial score (nSPS) is 26.9. The van der Waals surface area contributed by atoms with E-state index in [4.69, 9.17) is 4.74 Å². The summed E-state index contributed by atoms with van der Waals surface area (Å²) in [6, 6.07) is 4.75. The van der Waals surface area contributed by atoms with Crippen molar-refractivity contribution < 1.29 is 4.74 Å². The van der Waals surface area contributed by atoms with E-state index in [1.54, 1.807) is 0 Å². The topological polar surface area (TPSA) is 34.2 Å². The number of pyridine rings is 1. The second kappa shape index (κ2) is 5.59. The van der Waals surface area contributed by atoms with Crippen LogP contribution in [0, 0.1) is 5.92 Å². The summed E-state index contributed by atoms with van der Waals surface area (Å²) in [5.41, 5.74) is 1.57. The lowest BCUT2D eigenvalue weighted by atomic mass is 9.70. The molecule has 2 heterocycles. The maximum absolute atomic E-state index is 6.04. The van der Waals surface area contributed by atoms with E-state index in [0.717, 1.165) is 18.9 Å². The fourth-order valence-electron chi connectivity index (χ4n) is 3.61. The van der Waals surface area contributed by atoms with Crippen LogP contribution in [0.5, 0.6) is 0 Å². The molecule has 3 nitrogen and oxygen atoms in total. The van der Waals surface area contributed by atoms with Gasteiger partial charge in [0, 0.05) is 25.0 Å². The summed E-state index contributed by atoms with van der Waals surface area (Å²) >= 11 is 0. The Morgan fingerprint density at radius 3 is 3.05 bits per heavy atom. The van der Waals surface area contributed by atoms with Crippen LogP contribution in [-0.2, 0) is 11.2 Å². The van der Waals surface area contributed by atoms with Gasteiger partial charge in [0.1, 0.15) is 0 Å². The van der Waals surface area contributed by atoms with E-state index >= 15 is 0 Å². The van der Waals surface area contributed by atoms with Crippen molar-refractivity contribution in [2.75, 3.05) is 13.7 Å². The van der Waals surface area contributed by atoms with Crippen LogP contribution in [0.25, 0.3) is 0 Å². The Hall–Kier alpha value is -0.930. The van der Waals surface area contributed by atoms with Crippen LogP contribution < -0.4 is 5.32 Å². The van der Waals surface area contributed by atoms with E-state index in [1.165, 1.54) is 37.7 Å². The van der Waals surface area contributed by atoms with E-state index in [2.05, 4.69) is 23.4 Å². The highest BCUT2D eigenvalue weighted by Crippen LogP contribution is 2.45. The molecule has 2 aliphatic rings. The number of rotatable bonds is 4. The molecular weight excluding hydrogens is 236 g/mol. The van der Waals surface area contributed by atoms with Gasteiger partial charge in [0.2, 0.25) is 0 Å². The smallest absolute Gasteiger partial charge is 0.0685 e. The number of aromatic nitrogens is 1. The molecule has 1 aromatic rings. The van der Waals surface area contributed by atoms with Crippen molar-refractivity contribution in [3.05, 3.63) is 30.1 Å². The van der Waals surface area contributed by atoms with E-state index in [1.807, 2.05) is 18.5 Å². The standard InChI is InChI=1S/C16H24N2O/c1-17-15(10-13-4-2-8-18-12-13)14-5-9-19-16(11-14)6-3-7-16/h2,4,8,12,14-15,17H,3,5-7,9-11H2,1H3. The highest BCUT2D eigenvalue weighted by molar-refractivity contribution is 5.11. The van der Waals surface area contributed by atoms with Crippen LogP contribution in [0.2, 0.25) is 0 Å². The minimum Gasteiger partial charge on any atom is -0.375 e. The number of likely N-dealkylation sites (N-methyl/N-ethyl adjacent to an activating group) is 1. The van der Waals surface area contributed by atoms with Gasteiger partial charge in [-0.15, -0.1) is 0 Å². The summed E-state index contributed by atoms with van der Waals surface area (Å²) < 4.78 is 6.04. The quantitative estimate of drug-likeness (QED) is 0.903. The van der Waals surface area contributed by atoms with Gasteiger partial charge in [0.25, 0.3) is 0 Å². The molecule has 1 N–H and O–H groups in total. The molecule has 1 saturated carbocycles. The number of hydrogen-bond acceptors (Lipinski definition) is 3. The summed E-state index contributed by atoms with van der Waals surface area (Å²) in [5, 5.41) is 3.52. The average molecular weight is 260 g/mol. The summed E-state index contributed by atoms with van der Waals surface area (Å²) in [6.07, 6.45) is 11.2. The Bertz CT molecular complexity index is 402. The van der Waals surface area contributed by atoms with Crippen molar-refractivity contribution in [3.8, 4) is 0 Å².